The zero-order valence-electron chi connectivity index (χ0n) is 19.5. The maximum atomic E-state index is 13.7. The van der Waals surface area contributed by atoms with Gasteiger partial charge in [0.2, 0.25) is 5.91 Å². The lowest BCUT2D eigenvalue weighted by Gasteiger charge is -2.22. The summed E-state index contributed by atoms with van der Waals surface area (Å²) in [6.45, 7) is 0.0275. The van der Waals surface area contributed by atoms with Crippen molar-refractivity contribution in [2.24, 2.45) is 0 Å². The number of hydrogen-bond acceptors (Lipinski definition) is 4. The molecule has 0 saturated carbocycles. The molecule has 1 aromatic heterocycles. The topological polar surface area (TPSA) is 76.5 Å². The van der Waals surface area contributed by atoms with E-state index in [1.807, 2.05) is 30.3 Å². The summed E-state index contributed by atoms with van der Waals surface area (Å²) in [4.78, 5) is 27.3. The molecular weight excluding hydrogens is 466 g/mol. The number of carbonyl (C=O) groups is 2. The number of ether oxygens (including phenoxy) is 1. The molecule has 7 nitrogen and oxygen atoms in total. The van der Waals surface area contributed by atoms with E-state index in [-0.39, 0.29) is 25.3 Å². The first-order chi connectivity index (χ1) is 17.4. The van der Waals surface area contributed by atoms with Crippen LogP contribution < -0.4 is 5.32 Å². The van der Waals surface area contributed by atoms with Gasteiger partial charge in [-0.2, -0.15) is 5.10 Å². The highest BCUT2D eigenvalue weighted by atomic mass is 19.1. The van der Waals surface area contributed by atoms with Crippen LogP contribution in [0.15, 0.2) is 84.9 Å². The standard InChI is InChI=1S/C27H24F2N4O3/c1-36-15-14-32(27(35)20-8-5-9-22(29)16-20)18-26(34)30-25-17-24(19-6-3-2-4-7-19)31-33(25)23-12-10-21(28)11-13-23/h2-13,16-17H,14-15,18H2,1H3,(H,30,34). The number of carbonyl (C=O) groups excluding carboxylic acids is 2. The number of anilines is 1. The van der Waals surface area contributed by atoms with Gasteiger partial charge in [0, 0.05) is 30.8 Å². The number of halogens is 2. The monoisotopic (exact) mass is 490 g/mol. The maximum absolute atomic E-state index is 13.7. The van der Waals surface area contributed by atoms with Crippen molar-refractivity contribution in [1.29, 1.82) is 0 Å². The van der Waals surface area contributed by atoms with Gasteiger partial charge in [0.1, 0.15) is 24.0 Å². The zero-order valence-corrected chi connectivity index (χ0v) is 19.5. The Labute approximate surface area is 206 Å². The summed E-state index contributed by atoms with van der Waals surface area (Å²) in [6.07, 6.45) is 0. The molecule has 36 heavy (non-hydrogen) atoms. The first kappa shape index (κ1) is 24.7. The minimum atomic E-state index is -0.548. The van der Waals surface area contributed by atoms with Crippen LogP contribution >= 0.6 is 0 Å². The Morgan fingerprint density at radius 2 is 1.69 bits per heavy atom. The van der Waals surface area contributed by atoms with Crippen LogP contribution in [0.25, 0.3) is 16.9 Å². The summed E-state index contributed by atoms with van der Waals surface area (Å²) in [7, 11) is 1.48. The molecule has 3 aromatic carbocycles. The third kappa shape index (κ3) is 6.00. The number of aromatic nitrogens is 2. The average Bonchev–Trinajstić information content (AvgIpc) is 3.30. The Bertz CT molecular complexity index is 1340. The fraction of sp³-hybridized carbons (Fsp3) is 0.148. The molecule has 0 fully saturated rings. The van der Waals surface area contributed by atoms with Gasteiger partial charge in [0.15, 0.2) is 0 Å². The van der Waals surface area contributed by atoms with Crippen LogP contribution in [0.5, 0.6) is 0 Å². The molecule has 2 amide bonds. The van der Waals surface area contributed by atoms with Gasteiger partial charge < -0.3 is 15.0 Å². The maximum Gasteiger partial charge on any atom is 0.254 e. The molecule has 9 heteroatoms. The lowest BCUT2D eigenvalue weighted by atomic mass is 10.1. The van der Waals surface area contributed by atoms with E-state index in [0.717, 1.165) is 11.6 Å². The van der Waals surface area contributed by atoms with Crippen LogP contribution in [0.4, 0.5) is 14.6 Å². The Kier molecular flexibility index (Phi) is 7.82. The van der Waals surface area contributed by atoms with Gasteiger partial charge in [-0.1, -0.05) is 36.4 Å². The molecular formula is C27H24F2N4O3. The van der Waals surface area contributed by atoms with Crippen molar-refractivity contribution < 1.29 is 23.1 Å². The first-order valence-corrected chi connectivity index (χ1v) is 11.2. The van der Waals surface area contributed by atoms with Gasteiger partial charge in [-0.3, -0.25) is 9.59 Å². The van der Waals surface area contributed by atoms with Gasteiger partial charge in [-0.25, -0.2) is 13.5 Å². The van der Waals surface area contributed by atoms with E-state index in [4.69, 9.17) is 4.74 Å². The number of amides is 2. The normalized spacial score (nSPS) is 10.8. The Balaban J connectivity index is 1.60. The van der Waals surface area contributed by atoms with Crippen LogP contribution in [0, 0.1) is 11.6 Å². The van der Waals surface area contributed by atoms with Gasteiger partial charge in [-0.15, -0.1) is 0 Å². The van der Waals surface area contributed by atoms with E-state index in [0.29, 0.717) is 17.2 Å². The molecule has 4 aromatic rings. The van der Waals surface area contributed by atoms with Crippen molar-refractivity contribution in [2.45, 2.75) is 0 Å². The molecule has 0 unspecified atom stereocenters. The van der Waals surface area contributed by atoms with Crippen LogP contribution in [0.2, 0.25) is 0 Å². The second-order valence-electron chi connectivity index (χ2n) is 7.95. The van der Waals surface area contributed by atoms with Gasteiger partial charge in [-0.05, 0) is 42.5 Å². The summed E-state index contributed by atoms with van der Waals surface area (Å²) in [6, 6.07) is 22.1. The number of methoxy groups -OCH3 is 1. The van der Waals surface area contributed by atoms with E-state index < -0.39 is 23.4 Å². The van der Waals surface area contributed by atoms with Gasteiger partial charge in [0.05, 0.1) is 18.0 Å². The third-order valence-electron chi connectivity index (χ3n) is 5.38. The van der Waals surface area contributed by atoms with Crippen molar-refractivity contribution in [3.05, 3.63) is 102 Å². The summed E-state index contributed by atoms with van der Waals surface area (Å²) in [5.41, 5.74) is 2.10. The smallest absolute Gasteiger partial charge is 0.254 e. The second kappa shape index (κ2) is 11.4. The highest BCUT2D eigenvalue weighted by Gasteiger charge is 2.21. The van der Waals surface area contributed by atoms with Crippen LogP contribution in [0.1, 0.15) is 10.4 Å². The largest absolute Gasteiger partial charge is 0.383 e. The lowest BCUT2D eigenvalue weighted by molar-refractivity contribution is -0.117. The van der Waals surface area contributed by atoms with E-state index in [2.05, 4.69) is 10.4 Å². The average molecular weight is 491 g/mol. The number of rotatable bonds is 9. The minimum absolute atomic E-state index is 0.127. The molecule has 0 aliphatic heterocycles. The van der Waals surface area contributed by atoms with E-state index in [1.54, 1.807) is 18.2 Å². The minimum Gasteiger partial charge on any atom is -0.383 e. The Hall–Kier alpha value is -4.37. The Morgan fingerprint density at radius 3 is 2.39 bits per heavy atom. The molecule has 0 atom stereocenters. The first-order valence-electron chi connectivity index (χ1n) is 11.2. The fourth-order valence-corrected chi connectivity index (χ4v) is 3.61. The summed E-state index contributed by atoms with van der Waals surface area (Å²) < 4.78 is 33.7. The molecule has 0 radical (unpaired) electrons. The molecule has 184 valence electrons. The third-order valence-corrected chi connectivity index (χ3v) is 5.38. The number of hydrogen-bond donors (Lipinski definition) is 1. The van der Waals surface area contributed by atoms with E-state index >= 15 is 0 Å². The second-order valence-corrected chi connectivity index (χ2v) is 7.95. The van der Waals surface area contributed by atoms with Crippen molar-refractivity contribution in [3.63, 3.8) is 0 Å². The summed E-state index contributed by atoms with van der Waals surface area (Å²) in [5, 5.41) is 7.39. The van der Waals surface area contributed by atoms with Crippen molar-refractivity contribution >= 4 is 17.6 Å². The van der Waals surface area contributed by atoms with Crippen molar-refractivity contribution in [2.75, 3.05) is 32.1 Å². The van der Waals surface area contributed by atoms with Crippen LogP contribution in [0.3, 0.4) is 0 Å². The number of nitrogens with one attached hydrogen (secondary N) is 1. The predicted molar refractivity (Wildman–Crippen MR) is 132 cm³/mol. The molecule has 0 saturated heterocycles. The molecule has 0 bridgehead atoms. The highest BCUT2D eigenvalue weighted by molar-refractivity contribution is 5.99. The fourth-order valence-electron chi connectivity index (χ4n) is 3.61. The van der Waals surface area contributed by atoms with E-state index in [9.17, 15) is 18.4 Å². The lowest BCUT2D eigenvalue weighted by Crippen LogP contribution is -2.40. The summed E-state index contributed by atoms with van der Waals surface area (Å²) in [5.74, 6) is -1.59. The molecule has 1 N–H and O–H groups in total. The predicted octanol–water partition coefficient (Wildman–Crippen LogP) is 4.54. The van der Waals surface area contributed by atoms with Crippen molar-refractivity contribution in [1.82, 2.24) is 14.7 Å². The van der Waals surface area contributed by atoms with Crippen molar-refractivity contribution in [3.8, 4) is 16.9 Å². The molecule has 0 aliphatic carbocycles. The van der Waals surface area contributed by atoms with Crippen LogP contribution in [-0.2, 0) is 9.53 Å². The Morgan fingerprint density at radius 1 is 0.944 bits per heavy atom. The van der Waals surface area contributed by atoms with E-state index in [1.165, 1.54) is 47.0 Å². The van der Waals surface area contributed by atoms with Crippen LogP contribution in [-0.4, -0.2) is 53.3 Å². The molecule has 0 spiro atoms. The van der Waals surface area contributed by atoms with Gasteiger partial charge >= 0.3 is 0 Å². The molecule has 4 rings (SSSR count). The number of nitrogens with zero attached hydrogens (tertiary/aromatic N) is 3. The molecule has 0 aliphatic rings. The zero-order chi connectivity index (χ0) is 25.5. The number of benzene rings is 3. The highest BCUT2D eigenvalue weighted by Crippen LogP contribution is 2.25. The quantitative estimate of drug-likeness (QED) is 0.374. The summed E-state index contributed by atoms with van der Waals surface area (Å²) >= 11 is 0. The SMILES string of the molecule is COCCN(CC(=O)Nc1cc(-c2ccccc2)nn1-c1ccc(F)cc1)C(=O)c1cccc(F)c1. The van der Waals surface area contributed by atoms with Gasteiger partial charge in [0.25, 0.3) is 5.91 Å². The molecule has 1 heterocycles.